The maximum Gasteiger partial charge on any atom is 0.335 e. The summed E-state index contributed by atoms with van der Waals surface area (Å²) in [5.74, 6) is -2.09. The summed E-state index contributed by atoms with van der Waals surface area (Å²) in [6.45, 7) is 0. The van der Waals surface area contributed by atoms with Gasteiger partial charge in [0.25, 0.3) is 0 Å². The normalized spacial score (nSPS) is 10.6. The molecule has 0 aliphatic rings. The third-order valence-electron chi connectivity index (χ3n) is 3.41. The first-order valence-corrected chi connectivity index (χ1v) is 6.79. The van der Waals surface area contributed by atoms with E-state index in [0.29, 0.717) is 11.1 Å². The van der Waals surface area contributed by atoms with Crippen molar-refractivity contribution in [3.05, 3.63) is 70.8 Å². The lowest BCUT2D eigenvalue weighted by Gasteiger charge is -2.14. The molecular formula is C17H16O5. The Morgan fingerprint density at radius 3 is 1.50 bits per heavy atom. The molecule has 114 valence electrons. The fourth-order valence-corrected chi connectivity index (χ4v) is 2.39. The fraction of sp³-hybridized carbons (Fsp3) is 0.176. The van der Waals surface area contributed by atoms with Gasteiger partial charge < -0.3 is 15.3 Å². The van der Waals surface area contributed by atoms with Gasteiger partial charge in [0.05, 0.1) is 17.2 Å². The van der Waals surface area contributed by atoms with Gasteiger partial charge in [0.2, 0.25) is 0 Å². The van der Waals surface area contributed by atoms with Crippen LogP contribution in [0.3, 0.4) is 0 Å². The van der Waals surface area contributed by atoms with Crippen LogP contribution in [0.15, 0.2) is 48.5 Å². The standard InChI is InChI=1S/C17H16O5/c18-13(9-11-5-1-3-7-14(11)16(19)20)10-12-6-2-4-8-15(12)17(21)22/h1-8,13,18H,9-10H2,(H,19,20)(H,21,22). The first-order chi connectivity index (χ1) is 10.5. The second-order valence-corrected chi connectivity index (χ2v) is 4.99. The Kier molecular flexibility index (Phi) is 4.91. The Balaban J connectivity index is 2.16. The van der Waals surface area contributed by atoms with E-state index in [4.69, 9.17) is 10.2 Å². The zero-order chi connectivity index (χ0) is 16.1. The maximum absolute atomic E-state index is 11.1. The van der Waals surface area contributed by atoms with E-state index in [1.807, 2.05) is 0 Å². The van der Waals surface area contributed by atoms with E-state index in [0.717, 1.165) is 0 Å². The number of aliphatic hydroxyl groups excluding tert-OH is 1. The van der Waals surface area contributed by atoms with Crippen LogP contribution >= 0.6 is 0 Å². The van der Waals surface area contributed by atoms with E-state index >= 15 is 0 Å². The van der Waals surface area contributed by atoms with Gasteiger partial charge in [0.15, 0.2) is 0 Å². The van der Waals surface area contributed by atoms with Crippen LogP contribution in [0.25, 0.3) is 0 Å². The van der Waals surface area contributed by atoms with E-state index in [9.17, 15) is 14.7 Å². The summed E-state index contributed by atoms with van der Waals surface area (Å²) in [6.07, 6.45) is -0.562. The summed E-state index contributed by atoms with van der Waals surface area (Å²) in [6, 6.07) is 12.9. The quantitative estimate of drug-likeness (QED) is 0.760. The van der Waals surface area contributed by atoms with E-state index in [1.165, 1.54) is 12.1 Å². The number of carboxylic acid groups (broad SMARTS) is 2. The second kappa shape index (κ2) is 6.87. The Morgan fingerprint density at radius 2 is 1.14 bits per heavy atom. The van der Waals surface area contributed by atoms with Gasteiger partial charge in [-0.3, -0.25) is 0 Å². The molecule has 0 fully saturated rings. The molecular weight excluding hydrogens is 284 g/mol. The number of hydrogen-bond acceptors (Lipinski definition) is 3. The molecule has 0 aliphatic carbocycles. The third kappa shape index (κ3) is 3.71. The molecule has 0 unspecified atom stereocenters. The molecule has 2 aromatic rings. The molecule has 3 N–H and O–H groups in total. The predicted molar refractivity (Wildman–Crippen MR) is 80.2 cm³/mol. The Hall–Kier alpha value is -2.66. The highest BCUT2D eigenvalue weighted by Crippen LogP contribution is 2.16. The van der Waals surface area contributed by atoms with Crippen molar-refractivity contribution in [2.45, 2.75) is 18.9 Å². The summed E-state index contributed by atoms with van der Waals surface area (Å²) < 4.78 is 0. The van der Waals surface area contributed by atoms with Gasteiger partial charge in [0, 0.05) is 0 Å². The molecule has 5 heteroatoms. The second-order valence-electron chi connectivity index (χ2n) is 4.99. The molecule has 0 aromatic heterocycles. The fourth-order valence-electron chi connectivity index (χ4n) is 2.39. The average molecular weight is 300 g/mol. The number of carbonyl (C=O) groups is 2. The summed E-state index contributed by atoms with van der Waals surface area (Å²) in [5, 5.41) is 28.4. The first kappa shape index (κ1) is 15.7. The minimum Gasteiger partial charge on any atom is -0.478 e. The van der Waals surface area contributed by atoms with Gasteiger partial charge in [-0.15, -0.1) is 0 Å². The molecule has 0 spiro atoms. The van der Waals surface area contributed by atoms with Crippen LogP contribution in [0.4, 0.5) is 0 Å². The third-order valence-corrected chi connectivity index (χ3v) is 3.41. The van der Waals surface area contributed by atoms with Crippen molar-refractivity contribution in [2.75, 3.05) is 0 Å². The lowest BCUT2D eigenvalue weighted by molar-refractivity contribution is 0.0685. The van der Waals surface area contributed by atoms with Crippen molar-refractivity contribution < 1.29 is 24.9 Å². The zero-order valence-corrected chi connectivity index (χ0v) is 11.8. The lowest BCUT2D eigenvalue weighted by Crippen LogP contribution is -2.18. The molecule has 2 rings (SSSR count). The molecule has 0 bridgehead atoms. The van der Waals surface area contributed by atoms with E-state index in [1.54, 1.807) is 36.4 Å². The molecule has 0 saturated heterocycles. The van der Waals surface area contributed by atoms with Crippen LogP contribution < -0.4 is 0 Å². The predicted octanol–water partition coefficient (Wildman–Crippen LogP) is 2.23. The monoisotopic (exact) mass is 300 g/mol. The van der Waals surface area contributed by atoms with Crippen molar-refractivity contribution in [1.29, 1.82) is 0 Å². The van der Waals surface area contributed by atoms with Crippen molar-refractivity contribution in [3.8, 4) is 0 Å². The van der Waals surface area contributed by atoms with Gasteiger partial charge in [-0.05, 0) is 36.1 Å². The molecule has 0 aliphatic heterocycles. The Bertz CT molecular complexity index is 633. The highest BCUT2D eigenvalue weighted by molar-refractivity contribution is 5.90. The molecule has 0 radical (unpaired) electrons. The van der Waals surface area contributed by atoms with Crippen molar-refractivity contribution in [3.63, 3.8) is 0 Å². The van der Waals surface area contributed by atoms with Gasteiger partial charge in [-0.2, -0.15) is 0 Å². The number of aliphatic hydroxyl groups is 1. The smallest absolute Gasteiger partial charge is 0.335 e. The highest BCUT2D eigenvalue weighted by atomic mass is 16.4. The Morgan fingerprint density at radius 1 is 0.773 bits per heavy atom. The molecule has 0 atom stereocenters. The highest BCUT2D eigenvalue weighted by Gasteiger charge is 2.16. The van der Waals surface area contributed by atoms with Crippen molar-refractivity contribution in [2.24, 2.45) is 0 Å². The van der Waals surface area contributed by atoms with Crippen LogP contribution in [0.1, 0.15) is 31.8 Å². The van der Waals surface area contributed by atoms with E-state index in [-0.39, 0.29) is 24.0 Å². The summed E-state index contributed by atoms with van der Waals surface area (Å²) in [5.41, 5.74) is 1.34. The lowest BCUT2D eigenvalue weighted by atomic mass is 9.95. The molecule has 2 aromatic carbocycles. The van der Waals surface area contributed by atoms with Gasteiger partial charge in [-0.1, -0.05) is 36.4 Å². The minimum atomic E-state index is -1.05. The molecule has 0 amide bonds. The van der Waals surface area contributed by atoms with Crippen LogP contribution in [0.5, 0.6) is 0 Å². The van der Waals surface area contributed by atoms with Crippen LogP contribution in [-0.4, -0.2) is 33.4 Å². The van der Waals surface area contributed by atoms with E-state index < -0.39 is 18.0 Å². The zero-order valence-electron chi connectivity index (χ0n) is 11.8. The van der Waals surface area contributed by atoms with Crippen LogP contribution in [-0.2, 0) is 12.8 Å². The van der Waals surface area contributed by atoms with Gasteiger partial charge in [-0.25, -0.2) is 9.59 Å². The van der Waals surface area contributed by atoms with Crippen molar-refractivity contribution in [1.82, 2.24) is 0 Å². The first-order valence-electron chi connectivity index (χ1n) is 6.79. The summed E-state index contributed by atoms with van der Waals surface area (Å²) >= 11 is 0. The number of carboxylic acids is 2. The molecule has 0 heterocycles. The Labute approximate surface area is 127 Å². The average Bonchev–Trinajstić information content (AvgIpc) is 2.47. The molecule has 5 nitrogen and oxygen atoms in total. The number of benzene rings is 2. The van der Waals surface area contributed by atoms with Gasteiger partial charge in [0.1, 0.15) is 0 Å². The number of aromatic carboxylic acids is 2. The van der Waals surface area contributed by atoms with Crippen LogP contribution in [0, 0.1) is 0 Å². The summed E-state index contributed by atoms with van der Waals surface area (Å²) in [7, 11) is 0. The van der Waals surface area contributed by atoms with Crippen LogP contribution in [0.2, 0.25) is 0 Å². The number of hydrogen-bond donors (Lipinski definition) is 3. The maximum atomic E-state index is 11.1. The van der Waals surface area contributed by atoms with Crippen molar-refractivity contribution >= 4 is 11.9 Å². The topological polar surface area (TPSA) is 94.8 Å². The molecule has 0 saturated carbocycles. The van der Waals surface area contributed by atoms with Gasteiger partial charge >= 0.3 is 11.9 Å². The van der Waals surface area contributed by atoms with E-state index in [2.05, 4.69) is 0 Å². The number of rotatable bonds is 6. The summed E-state index contributed by atoms with van der Waals surface area (Å²) in [4.78, 5) is 22.3. The molecule has 22 heavy (non-hydrogen) atoms. The largest absolute Gasteiger partial charge is 0.478 e. The SMILES string of the molecule is O=C(O)c1ccccc1CC(O)Cc1ccccc1C(=O)O. The minimum absolute atomic E-state index is 0.146.